The molecule has 0 unspecified atom stereocenters. The lowest BCUT2D eigenvalue weighted by Crippen LogP contribution is -2.16. The summed E-state index contributed by atoms with van der Waals surface area (Å²) in [6.45, 7) is 1.83. The molecule has 20 heavy (non-hydrogen) atoms. The minimum atomic E-state index is -0.449. The Morgan fingerprint density at radius 3 is 2.85 bits per heavy atom. The molecule has 0 bridgehead atoms. The van der Waals surface area contributed by atoms with Gasteiger partial charge in [0, 0.05) is 5.75 Å². The van der Waals surface area contributed by atoms with Gasteiger partial charge in [-0.1, -0.05) is 36.9 Å². The molecule has 0 fully saturated rings. The van der Waals surface area contributed by atoms with Crippen molar-refractivity contribution in [1.29, 1.82) is 5.26 Å². The quantitative estimate of drug-likeness (QED) is 0.694. The molecule has 2 rings (SSSR count). The van der Waals surface area contributed by atoms with Crippen molar-refractivity contribution in [3.8, 4) is 6.07 Å². The number of hydrogen-bond acceptors (Lipinski definition) is 4. The molecule has 0 aliphatic heterocycles. The number of aryl methyl sites for hydroxylation is 1. The fourth-order valence-corrected chi connectivity index (χ4v) is 2.56. The molecule has 0 atom stereocenters. The molecule has 1 heterocycles. The van der Waals surface area contributed by atoms with E-state index in [9.17, 15) is 9.18 Å². The fourth-order valence-electron chi connectivity index (χ4n) is 1.70. The van der Waals surface area contributed by atoms with Gasteiger partial charge in [0.15, 0.2) is 5.16 Å². The molecule has 0 aliphatic rings. The number of hydrogen-bond donors (Lipinski definition) is 1. The minimum Gasteiger partial charge on any atom is -0.300 e. The van der Waals surface area contributed by atoms with Crippen LogP contribution in [0.1, 0.15) is 23.7 Å². The monoisotopic (exact) mass is 289 g/mol. The molecule has 0 saturated heterocycles. The third kappa shape index (κ3) is 3.06. The third-order valence-corrected chi connectivity index (χ3v) is 3.66. The molecule has 0 spiro atoms. The van der Waals surface area contributed by atoms with Crippen molar-refractivity contribution < 1.29 is 4.39 Å². The van der Waals surface area contributed by atoms with Crippen LogP contribution in [0.15, 0.2) is 34.2 Å². The van der Waals surface area contributed by atoms with Crippen LogP contribution >= 0.6 is 11.8 Å². The molecule has 0 amide bonds. The Balaban J connectivity index is 2.23. The van der Waals surface area contributed by atoms with Crippen molar-refractivity contribution in [2.75, 3.05) is 0 Å². The number of thioether (sulfide) groups is 1. The first-order valence-corrected chi connectivity index (χ1v) is 7.03. The number of benzene rings is 1. The van der Waals surface area contributed by atoms with Gasteiger partial charge in [-0.3, -0.25) is 4.79 Å². The normalized spacial score (nSPS) is 10.2. The number of nitrogens with one attached hydrogen (secondary N) is 1. The molecule has 1 N–H and O–H groups in total. The predicted molar refractivity (Wildman–Crippen MR) is 74.9 cm³/mol. The van der Waals surface area contributed by atoms with Gasteiger partial charge in [-0.25, -0.2) is 9.37 Å². The highest BCUT2D eigenvalue weighted by molar-refractivity contribution is 7.98. The Hall–Kier alpha value is -2.13. The first-order chi connectivity index (χ1) is 9.65. The molecule has 102 valence electrons. The van der Waals surface area contributed by atoms with Gasteiger partial charge in [0.1, 0.15) is 17.4 Å². The van der Waals surface area contributed by atoms with Crippen molar-refractivity contribution in [2.24, 2.45) is 0 Å². The van der Waals surface area contributed by atoms with Crippen LogP contribution in [-0.2, 0) is 12.2 Å². The van der Waals surface area contributed by atoms with Crippen molar-refractivity contribution in [3.63, 3.8) is 0 Å². The van der Waals surface area contributed by atoms with Gasteiger partial charge in [0.05, 0.1) is 5.69 Å². The summed E-state index contributed by atoms with van der Waals surface area (Å²) in [7, 11) is 0. The average molecular weight is 289 g/mol. The fraction of sp³-hybridized carbons (Fsp3) is 0.214. The van der Waals surface area contributed by atoms with Gasteiger partial charge < -0.3 is 4.98 Å². The second kappa shape index (κ2) is 6.35. The van der Waals surface area contributed by atoms with Crippen LogP contribution in [0.5, 0.6) is 0 Å². The van der Waals surface area contributed by atoms with E-state index in [1.54, 1.807) is 18.2 Å². The van der Waals surface area contributed by atoms with E-state index in [2.05, 4.69) is 9.97 Å². The van der Waals surface area contributed by atoms with Gasteiger partial charge in [-0.2, -0.15) is 5.26 Å². The highest BCUT2D eigenvalue weighted by Crippen LogP contribution is 2.20. The average Bonchev–Trinajstić information content (AvgIpc) is 2.45. The second-order valence-corrected chi connectivity index (χ2v) is 5.00. The van der Waals surface area contributed by atoms with E-state index in [-0.39, 0.29) is 11.4 Å². The lowest BCUT2D eigenvalue weighted by Gasteiger charge is -2.05. The summed E-state index contributed by atoms with van der Waals surface area (Å²) in [5.41, 5.74) is 0.605. The summed E-state index contributed by atoms with van der Waals surface area (Å²) in [5.74, 6) is 0.0803. The van der Waals surface area contributed by atoms with Crippen LogP contribution in [0.3, 0.4) is 0 Å². The lowest BCUT2D eigenvalue weighted by atomic mass is 10.2. The minimum absolute atomic E-state index is 0.0442. The van der Waals surface area contributed by atoms with E-state index in [1.165, 1.54) is 17.8 Å². The molecule has 0 saturated carbocycles. The van der Waals surface area contributed by atoms with Crippen LogP contribution < -0.4 is 5.56 Å². The summed E-state index contributed by atoms with van der Waals surface area (Å²) in [6.07, 6.45) is 0.500. The summed E-state index contributed by atoms with van der Waals surface area (Å²) in [6, 6.07) is 8.31. The first kappa shape index (κ1) is 14.3. The lowest BCUT2D eigenvalue weighted by molar-refractivity contribution is 0.617. The van der Waals surface area contributed by atoms with Crippen LogP contribution in [0.2, 0.25) is 0 Å². The Morgan fingerprint density at radius 1 is 1.45 bits per heavy atom. The Bertz CT molecular complexity index is 721. The summed E-state index contributed by atoms with van der Waals surface area (Å²) >= 11 is 1.23. The molecular weight excluding hydrogens is 277 g/mol. The maximum atomic E-state index is 13.5. The molecule has 1 aromatic heterocycles. The van der Waals surface area contributed by atoms with E-state index in [1.807, 2.05) is 13.0 Å². The maximum absolute atomic E-state index is 13.5. The third-order valence-electron chi connectivity index (χ3n) is 2.74. The van der Waals surface area contributed by atoms with Crippen molar-refractivity contribution in [3.05, 3.63) is 57.3 Å². The number of aromatic nitrogens is 2. The van der Waals surface area contributed by atoms with E-state index in [4.69, 9.17) is 5.26 Å². The zero-order valence-corrected chi connectivity index (χ0v) is 11.6. The zero-order valence-electron chi connectivity index (χ0n) is 10.8. The number of nitrogens with zero attached hydrogens (tertiary/aromatic N) is 2. The molecule has 4 nitrogen and oxygen atoms in total. The van der Waals surface area contributed by atoms with Crippen molar-refractivity contribution in [2.45, 2.75) is 24.3 Å². The highest BCUT2D eigenvalue weighted by atomic mass is 32.2. The van der Waals surface area contributed by atoms with Gasteiger partial charge >= 0.3 is 0 Å². The number of halogens is 1. The molecule has 1 aromatic carbocycles. The summed E-state index contributed by atoms with van der Waals surface area (Å²) in [4.78, 5) is 18.5. The second-order valence-electron chi connectivity index (χ2n) is 4.04. The van der Waals surface area contributed by atoms with E-state index < -0.39 is 5.56 Å². The Kier molecular flexibility index (Phi) is 4.53. The molecule has 0 aliphatic carbocycles. The van der Waals surface area contributed by atoms with Crippen molar-refractivity contribution >= 4 is 11.8 Å². The number of nitriles is 1. The SMILES string of the molecule is CCc1nc(SCc2ccccc2F)[nH]c(=O)c1C#N. The zero-order chi connectivity index (χ0) is 14.5. The van der Waals surface area contributed by atoms with Gasteiger partial charge in [-0.05, 0) is 18.1 Å². The molecule has 6 heteroatoms. The van der Waals surface area contributed by atoms with Crippen molar-refractivity contribution in [1.82, 2.24) is 9.97 Å². The first-order valence-electron chi connectivity index (χ1n) is 6.05. The summed E-state index contributed by atoms with van der Waals surface area (Å²) in [5, 5.41) is 9.30. The Labute approximate surface area is 119 Å². The largest absolute Gasteiger partial charge is 0.300 e. The van der Waals surface area contributed by atoms with E-state index in [0.29, 0.717) is 28.6 Å². The van der Waals surface area contributed by atoms with Crippen LogP contribution in [0.4, 0.5) is 4.39 Å². The number of H-pyrrole nitrogens is 1. The highest BCUT2D eigenvalue weighted by Gasteiger charge is 2.10. The standard InChI is InChI=1S/C14H12FN3OS/c1-2-12-10(7-16)13(19)18-14(17-12)20-8-9-5-3-4-6-11(9)15/h3-6H,2,8H2,1H3,(H,17,18,19). The number of rotatable bonds is 4. The van der Waals surface area contributed by atoms with Crippen LogP contribution in [0, 0.1) is 17.1 Å². The topological polar surface area (TPSA) is 69.5 Å². The Morgan fingerprint density at radius 2 is 2.20 bits per heavy atom. The van der Waals surface area contributed by atoms with E-state index >= 15 is 0 Å². The maximum Gasteiger partial charge on any atom is 0.269 e. The predicted octanol–water partition coefficient (Wildman–Crippen LogP) is 2.64. The molecular formula is C14H12FN3OS. The van der Waals surface area contributed by atoms with Crippen LogP contribution in [-0.4, -0.2) is 9.97 Å². The molecule has 2 aromatic rings. The van der Waals surface area contributed by atoms with Gasteiger partial charge in [0.2, 0.25) is 0 Å². The van der Waals surface area contributed by atoms with Gasteiger partial charge in [0.25, 0.3) is 5.56 Å². The number of aromatic amines is 1. The summed E-state index contributed by atoms with van der Waals surface area (Å²) < 4.78 is 13.5. The smallest absolute Gasteiger partial charge is 0.269 e. The van der Waals surface area contributed by atoms with E-state index in [0.717, 1.165) is 0 Å². The van der Waals surface area contributed by atoms with Crippen LogP contribution in [0.25, 0.3) is 0 Å². The molecule has 0 radical (unpaired) electrons. The van der Waals surface area contributed by atoms with Gasteiger partial charge in [-0.15, -0.1) is 0 Å².